The van der Waals surface area contributed by atoms with Crippen molar-refractivity contribution in [1.82, 2.24) is 4.98 Å². The summed E-state index contributed by atoms with van der Waals surface area (Å²) >= 11 is 0. The first-order chi connectivity index (χ1) is 10.3. The third kappa shape index (κ3) is 2.82. The Kier molecular flexibility index (Phi) is 4.00. The number of aromatic nitrogens is 1. The first-order valence-corrected chi connectivity index (χ1v) is 7.65. The van der Waals surface area contributed by atoms with Gasteiger partial charge in [0.05, 0.1) is 5.69 Å². The van der Waals surface area contributed by atoms with Crippen LogP contribution in [0.4, 0.5) is 5.82 Å². The molecule has 1 amide bonds. The van der Waals surface area contributed by atoms with E-state index in [1.807, 2.05) is 23.1 Å². The van der Waals surface area contributed by atoms with E-state index in [2.05, 4.69) is 31.2 Å². The summed E-state index contributed by atoms with van der Waals surface area (Å²) in [7, 11) is 0. The highest BCUT2D eigenvalue weighted by atomic mass is 16.2. The van der Waals surface area contributed by atoms with Gasteiger partial charge >= 0.3 is 0 Å². The summed E-state index contributed by atoms with van der Waals surface area (Å²) < 4.78 is 0. The van der Waals surface area contributed by atoms with Crippen LogP contribution in [0, 0.1) is 0 Å². The minimum Gasteiger partial charge on any atom is -0.297 e. The number of carbonyl (C=O) groups is 1. The van der Waals surface area contributed by atoms with Crippen molar-refractivity contribution in [2.45, 2.75) is 32.6 Å². The zero-order valence-electron chi connectivity index (χ0n) is 12.4. The molecule has 3 nitrogen and oxygen atoms in total. The van der Waals surface area contributed by atoms with Gasteiger partial charge in [0.25, 0.3) is 0 Å². The molecule has 1 aromatic carbocycles. The fraction of sp³-hybridized carbons (Fsp3) is 0.333. The Bertz CT molecular complexity index is 637. The van der Waals surface area contributed by atoms with Gasteiger partial charge in [-0.15, -0.1) is 0 Å². The van der Waals surface area contributed by atoms with Crippen LogP contribution in [0.15, 0.2) is 42.5 Å². The SMILES string of the molecule is CCCCN1C(=O)CCc2ccc(-c3ccccc3)nc21. The van der Waals surface area contributed by atoms with Gasteiger partial charge in [0.2, 0.25) is 5.91 Å². The molecule has 2 heterocycles. The lowest BCUT2D eigenvalue weighted by Crippen LogP contribution is -2.36. The topological polar surface area (TPSA) is 33.2 Å². The summed E-state index contributed by atoms with van der Waals surface area (Å²) in [5, 5.41) is 0. The number of benzene rings is 1. The number of rotatable bonds is 4. The van der Waals surface area contributed by atoms with Crippen molar-refractivity contribution < 1.29 is 4.79 Å². The maximum Gasteiger partial charge on any atom is 0.228 e. The van der Waals surface area contributed by atoms with Gasteiger partial charge in [0.15, 0.2) is 0 Å². The van der Waals surface area contributed by atoms with Crippen LogP contribution in [-0.4, -0.2) is 17.4 Å². The highest BCUT2D eigenvalue weighted by molar-refractivity contribution is 5.95. The van der Waals surface area contributed by atoms with Crippen molar-refractivity contribution in [3.8, 4) is 11.3 Å². The number of aryl methyl sites for hydroxylation is 1. The predicted octanol–water partition coefficient (Wildman–Crippen LogP) is 3.83. The van der Waals surface area contributed by atoms with E-state index in [0.29, 0.717) is 6.42 Å². The molecule has 1 aliphatic heterocycles. The van der Waals surface area contributed by atoms with Crippen LogP contribution in [0.1, 0.15) is 31.7 Å². The third-order valence-corrected chi connectivity index (χ3v) is 3.93. The van der Waals surface area contributed by atoms with Gasteiger partial charge in [-0.3, -0.25) is 9.69 Å². The Morgan fingerprint density at radius 1 is 1.10 bits per heavy atom. The van der Waals surface area contributed by atoms with Gasteiger partial charge in [0, 0.05) is 18.5 Å². The van der Waals surface area contributed by atoms with Crippen LogP contribution >= 0.6 is 0 Å². The van der Waals surface area contributed by atoms with E-state index in [0.717, 1.165) is 42.9 Å². The number of amides is 1. The molecule has 0 saturated carbocycles. The third-order valence-electron chi connectivity index (χ3n) is 3.93. The van der Waals surface area contributed by atoms with E-state index < -0.39 is 0 Å². The van der Waals surface area contributed by atoms with E-state index in [9.17, 15) is 4.79 Å². The van der Waals surface area contributed by atoms with Crippen molar-refractivity contribution in [2.24, 2.45) is 0 Å². The van der Waals surface area contributed by atoms with Gasteiger partial charge in [-0.25, -0.2) is 4.98 Å². The van der Waals surface area contributed by atoms with Crippen LogP contribution < -0.4 is 4.90 Å². The zero-order chi connectivity index (χ0) is 14.7. The minimum atomic E-state index is 0.202. The molecule has 0 spiro atoms. The minimum absolute atomic E-state index is 0.202. The molecule has 21 heavy (non-hydrogen) atoms. The highest BCUT2D eigenvalue weighted by Gasteiger charge is 2.25. The molecule has 3 rings (SSSR count). The van der Waals surface area contributed by atoms with Crippen molar-refractivity contribution in [1.29, 1.82) is 0 Å². The number of carbonyl (C=O) groups excluding carboxylic acids is 1. The molecule has 2 aromatic rings. The molecular formula is C18H20N2O. The molecule has 3 heteroatoms. The first-order valence-electron chi connectivity index (χ1n) is 7.65. The lowest BCUT2D eigenvalue weighted by Gasteiger charge is -2.28. The molecule has 0 N–H and O–H groups in total. The largest absolute Gasteiger partial charge is 0.297 e. The second-order valence-corrected chi connectivity index (χ2v) is 5.44. The van der Waals surface area contributed by atoms with Crippen molar-refractivity contribution >= 4 is 11.7 Å². The Morgan fingerprint density at radius 3 is 2.67 bits per heavy atom. The normalized spacial score (nSPS) is 14.1. The quantitative estimate of drug-likeness (QED) is 0.852. The molecule has 0 atom stereocenters. The molecule has 0 unspecified atom stereocenters. The Morgan fingerprint density at radius 2 is 1.90 bits per heavy atom. The number of hydrogen-bond donors (Lipinski definition) is 0. The van der Waals surface area contributed by atoms with Crippen molar-refractivity contribution in [3.63, 3.8) is 0 Å². The van der Waals surface area contributed by atoms with E-state index in [1.165, 1.54) is 5.56 Å². The highest BCUT2D eigenvalue weighted by Crippen LogP contribution is 2.29. The van der Waals surface area contributed by atoms with Crippen molar-refractivity contribution in [2.75, 3.05) is 11.4 Å². The number of pyridine rings is 1. The summed E-state index contributed by atoms with van der Waals surface area (Å²) in [4.78, 5) is 18.8. The molecular weight excluding hydrogens is 260 g/mol. The summed E-state index contributed by atoms with van der Waals surface area (Å²) in [5.74, 6) is 1.06. The smallest absolute Gasteiger partial charge is 0.228 e. The molecule has 0 saturated heterocycles. The summed E-state index contributed by atoms with van der Waals surface area (Å²) in [5.41, 5.74) is 3.21. The monoisotopic (exact) mass is 280 g/mol. The van der Waals surface area contributed by atoms with E-state index in [1.54, 1.807) is 0 Å². The Labute approximate surface area is 125 Å². The van der Waals surface area contributed by atoms with Crippen molar-refractivity contribution in [3.05, 3.63) is 48.0 Å². The maximum absolute atomic E-state index is 12.2. The van der Waals surface area contributed by atoms with Crippen LogP contribution in [0.3, 0.4) is 0 Å². The summed E-state index contributed by atoms with van der Waals surface area (Å²) in [6.07, 6.45) is 3.50. The number of nitrogens with zero attached hydrogens (tertiary/aromatic N) is 2. The second-order valence-electron chi connectivity index (χ2n) is 5.44. The van der Waals surface area contributed by atoms with E-state index in [4.69, 9.17) is 4.98 Å². The number of anilines is 1. The second kappa shape index (κ2) is 6.08. The Balaban J connectivity index is 1.99. The average molecular weight is 280 g/mol. The molecule has 1 aromatic heterocycles. The number of unbranched alkanes of at least 4 members (excludes halogenated alkanes) is 1. The predicted molar refractivity (Wildman–Crippen MR) is 85.3 cm³/mol. The standard InChI is InChI=1S/C18H20N2O/c1-2-3-13-20-17(21)12-10-15-9-11-16(19-18(15)20)14-7-5-4-6-8-14/h4-9,11H,2-3,10,12-13H2,1H3. The zero-order valence-corrected chi connectivity index (χ0v) is 12.4. The molecule has 0 aliphatic carbocycles. The molecule has 0 bridgehead atoms. The number of fused-ring (bicyclic) bond motifs is 1. The van der Waals surface area contributed by atoms with Crippen LogP contribution in [0.5, 0.6) is 0 Å². The fourth-order valence-corrected chi connectivity index (χ4v) is 2.72. The van der Waals surface area contributed by atoms with Crippen LogP contribution in [-0.2, 0) is 11.2 Å². The molecule has 1 aliphatic rings. The van der Waals surface area contributed by atoms with Gasteiger partial charge in [0.1, 0.15) is 5.82 Å². The maximum atomic E-state index is 12.2. The van der Waals surface area contributed by atoms with Gasteiger partial charge < -0.3 is 0 Å². The lowest BCUT2D eigenvalue weighted by molar-refractivity contribution is -0.118. The number of hydrogen-bond acceptors (Lipinski definition) is 2. The van der Waals surface area contributed by atoms with Gasteiger partial charge in [-0.2, -0.15) is 0 Å². The lowest BCUT2D eigenvalue weighted by atomic mass is 10.0. The van der Waals surface area contributed by atoms with Gasteiger partial charge in [-0.1, -0.05) is 49.7 Å². The Hall–Kier alpha value is -2.16. The summed E-state index contributed by atoms with van der Waals surface area (Å²) in [6.45, 7) is 2.91. The van der Waals surface area contributed by atoms with E-state index >= 15 is 0 Å². The van der Waals surface area contributed by atoms with Crippen LogP contribution in [0.2, 0.25) is 0 Å². The molecule has 0 fully saturated rings. The average Bonchev–Trinajstić information content (AvgIpc) is 2.54. The van der Waals surface area contributed by atoms with Crippen LogP contribution in [0.25, 0.3) is 11.3 Å². The fourth-order valence-electron chi connectivity index (χ4n) is 2.72. The van der Waals surface area contributed by atoms with E-state index in [-0.39, 0.29) is 5.91 Å². The first kappa shape index (κ1) is 13.8. The summed E-state index contributed by atoms with van der Waals surface area (Å²) in [6, 6.07) is 14.3. The molecule has 0 radical (unpaired) electrons. The molecule has 108 valence electrons. The van der Waals surface area contributed by atoms with Gasteiger partial charge in [-0.05, 0) is 24.5 Å².